The quantitative estimate of drug-likeness (QED) is 0.121. The van der Waals surface area contributed by atoms with E-state index >= 15 is 0 Å². The van der Waals surface area contributed by atoms with Gasteiger partial charge in [0.2, 0.25) is 12.6 Å². The highest BCUT2D eigenvalue weighted by Gasteiger charge is 2.34. The van der Waals surface area contributed by atoms with Crippen LogP contribution in [0.25, 0.3) is 42.5 Å². The fourth-order valence-electron chi connectivity index (χ4n) is 7.89. The number of aldehydes is 2. The second-order valence-corrected chi connectivity index (χ2v) is 16.2. The van der Waals surface area contributed by atoms with Crippen LogP contribution in [0.3, 0.4) is 0 Å². The monoisotopic (exact) mass is 876 g/mol. The number of alkyl halides is 6. The molecule has 0 radical (unpaired) electrons. The Kier molecular flexibility index (Phi) is 15.4. The van der Waals surface area contributed by atoms with E-state index in [-0.39, 0.29) is 23.9 Å². The van der Waals surface area contributed by atoms with Crippen molar-refractivity contribution in [2.75, 3.05) is 0 Å². The molecule has 2 N–H and O–H groups in total. The molecule has 0 unspecified atom stereocenters. The number of pyridine rings is 2. The van der Waals surface area contributed by atoms with Gasteiger partial charge in [-0.15, -0.1) is 22.7 Å². The first kappa shape index (κ1) is 46.1. The number of aryl methyl sites for hydroxylation is 2. The summed E-state index contributed by atoms with van der Waals surface area (Å²) in [6.45, 7) is 4.24. The average Bonchev–Trinajstić information content (AvgIpc) is 4.03. The van der Waals surface area contributed by atoms with E-state index in [0.717, 1.165) is 83.3 Å². The number of imidazole rings is 2. The lowest BCUT2D eigenvalue weighted by atomic mass is 9.82. The molecule has 60 heavy (non-hydrogen) atoms. The first-order valence-corrected chi connectivity index (χ1v) is 21.0. The van der Waals surface area contributed by atoms with Crippen molar-refractivity contribution < 1.29 is 46.1 Å². The molecule has 2 fully saturated rings. The van der Waals surface area contributed by atoms with Crippen LogP contribution in [0.2, 0.25) is 0 Å². The molecule has 0 bridgehead atoms. The maximum atomic E-state index is 10.5. The predicted octanol–water partition coefficient (Wildman–Crippen LogP) is 9.14. The Morgan fingerprint density at radius 1 is 0.700 bits per heavy atom. The molecule has 0 spiro atoms. The molecule has 2 aliphatic rings. The molecule has 320 valence electrons. The molecule has 8 rings (SSSR count). The summed E-state index contributed by atoms with van der Waals surface area (Å²) in [6, 6.07) is 8.97. The van der Waals surface area contributed by atoms with Gasteiger partial charge in [0.1, 0.15) is 22.7 Å². The van der Waals surface area contributed by atoms with Crippen molar-refractivity contribution in [1.29, 1.82) is 10.5 Å². The number of nitriles is 2. The fraction of sp³-hybridized carbons (Fsp3) is 0.500. The van der Waals surface area contributed by atoms with Crippen molar-refractivity contribution in [3.05, 3.63) is 46.9 Å². The maximum absolute atomic E-state index is 10.5. The molecule has 20 heteroatoms. The van der Waals surface area contributed by atoms with E-state index in [4.69, 9.17) is 30.1 Å². The molecule has 6 heterocycles. The third kappa shape index (κ3) is 10.8. The zero-order valence-corrected chi connectivity index (χ0v) is 34.2. The van der Waals surface area contributed by atoms with Gasteiger partial charge in [-0.3, -0.25) is 19.6 Å². The minimum absolute atomic E-state index is 0.106. The number of fused-ring (bicyclic) bond motifs is 6. The maximum Gasteiger partial charge on any atom is 0.446 e. The largest absolute Gasteiger partial charge is 0.446 e. The van der Waals surface area contributed by atoms with Crippen molar-refractivity contribution in [2.45, 2.75) is 115 Å². The highest BCUT2D eigenvalue weighted by molar-refractivity contribution is 7.18. The number of nitrogens with zero attached hydrogens (tertiary/aromatic N) is 8. The normalized spacial score (nSPS) is 21.8. The minimum Gasteiger partial charge on any atom is -0.393 e. The Morgan fingerprint density at radius 3 is 1.37 bits per heavy atom. The number of thiophene rings is 2. The van der Waals surface area contributed by atoms with Crippen LogP contribution in [0.15, 0.2) is 35.3 Å². The van der Waals surface area contributed by atoms with Gasteiger partial charge < -0.3 is 19.3 Å². The van der Waals surface area contributed by atoms with Gasteiger partial charge in [-0.05, 0) is 73.3 Å². The molecule has 6 aromatic rings. The average molecular weight is 877 g/mol. The SMILES string of the molecule is CCc1nc2cnc3ccsc3c2n1[C@@H]1CC[C@@H](CC#N)[C@@H](O)C1.CCc1nc2cnc3ccsc3c2n1[C@H]1CC[C@H](CC#N)[C@H](O)C1.O=CC(F)(F)F.O=CC(F)(F)F. The number of hydrogen-bond donors (Lipinski definition) is 2. The zero-order chi connectivity index (χ0) is 43.8. The predicted molar refractivity (Wildman–Crippen MR) is 214 cm³/mol. The second-order valence-electron chi connectivity index (χ2n) is 14.4. The number of carbonyl (C=O) groups excluding carboxylic acids is 2. The van der Waals surface area contributed by atoms with E-state index in [0.29, 0.717) is 25.7 Å². The van der Waals surface area contributed by atoms with E-state index < -0.39 is 37.1 Å². The molecular weight excluding hydrogens is 835 g/mol. The summed E-state index contributed by atoms with van der Waals surface area (Å²) >= 11 is 3.40. The van der Waals surface area contributed by atoms with Crippen LogP contribution in [0.5, 0.6) is 0 Å². The molecule has 6 aromatic heterocycles. The van der Waals surface area contributed by atoms with Crippen molar-refractivity contribution in [1.82, 2.24) is 29.1 Å². The van der Waals surface area contributed by atoms with E-state index in [1.54, 1.807) is 22.7 Å². The Bertz CT molecular complexity index is 2310. The van der Waals surface area contributed by atoms with Crippen molar-refractivity contribution >= 4 is 77.7 Å². The highest BCUT2D eigenvalue weighted by atomic mass is 32.1. The summed E-state index contributed by atoms with van der Waals surface area (Å²) in [5.41, 5.74) is 6.21. The Morgan fingerprint density at radius 2 is 1.07 bits per heavy atom. The number of aromatic nitrogens is 6. The lowest BCUT2D eigenvalue weighted by molar-refractivity contribution is -0.156. The first-order chi connectivity index (χ1) is 28.6. The van der Waals surface area contributed by atoms with Crippen LogP contribution in [0.1, 0.15) is 88.9 Å². The minimum atomic E-state index is -4.64. The van der Waals surface area contributed by atoms with Crippen LogP contribution >= 0.6 is 22.7 Å². The lowest BCUT2D eigenvalue weighted by Crippen LogP contribution is -2.31. The molecule has 12 nitrogen and oxygen atoms in total. The highest BCUT2D eigenvalue weighted by Crippen LogP contribution is 2.41. The van der Waals surface area contributed by atoms with Crippen molar-refractivity contribution in [3.63, 3.8) is 0 Å². The lowest BCUT2D eigenvalue weighted by Gasteiger charge is -2.33. The van der Waals surface area contributed by atoms with Crippen molar-refractivity contribution in [3.8, 4) is 12.1 Å². The van der Waals surface area contributed by atoms with E-state index in [9.17, 15) is 36.6 Å². The van der Waals surface area contributed by atoms with E-state index in [2.05, 4.69) is 55.8 Å². The summed E-state index contributed by atoms with van der Waals surface area (Å²) in [4.78, 5) is 36.0. The molecule has 6 atom stereocenters. The number of carbonyl (C=O) groups is 2. The van der Waals surface area contributed by atoms with Crippen molar-refractivity contribution in [2.24, 2.45) is 11.8 Å². The van der Waals surface area contributed by atoms with Gasteiger partial charge >= 0.3 is 12.4 Å². The first-order valence-electron chi connectivity index (χ1n) is 19.2. The van der Waals surface area contributed by atoms with Gasteiger partial charge in [0, 0.05) is 37.8 Å². The van der Waals surface area contributed by atoms with Crippen LogP contribution in [0.4, 0.5) is 26.3 Å². The fourth-order valence-corrected chi connectivity index (χ4v) is 9.67. The number of hydrogen-bond acceptors (Lipinski definition) is 12. The third-order valence-electron chi connectivity index (χ3n) is 10.6. The third-order valence-corrected chi connectivity index (χ3v) is 12.4. The summed E-state index contributed by atoms with van der Waals surface area (Å²) in [7, 11) is 0. The summed E-state index contributed by atoms with van der Waals surface area (Å²) in [5.74, 6) is 2.33. The number of aliphatic hydroxyl groups excluding tert-OH is 2. The molecule has 0 aliphatic heterocycles. The summed E-state index contributed by atoms with van der Waals surface area (Å²) < 4.78 is 69.5. The van der Waals surface area contributed by atoms with Gasteiger partial charge in [0.05, 0.1) is 68.2 Å². The van der Waals surface area contributed by atoms with E-state index in [1.807, 2.05) is 24.5 Å². The summed E-state index contributed by atoms with van der Waals surface area (Å²) in [6.07, 6.45) is -0.773. The Labute approximate surface area is 348 Å². The zero-order valence-electron chi connectivity index (χ0n) is 32.5. The van der Waals surface area contributed by atoms with Gasteiger partial charge in [-0.25, -0.2) is 9.97 Å². The van der Waals surface area contributed by atoms with Gasteiger partial charge in [0.25, 0.3) is 0 Å². The number of aliphatic hydroxyl groups is 2. The molecule has 2 saturated carbocycles. The number of halogens is 6. The standard InChI is InChI=1S/2C18H20N4OS.2C2HF3O/c2*1-2-16-21-14-10-20-13-6-8-24-18(13)17(14)22(16)12-4-3-11(5-7-19)15(23)9-12;2*3-2(4,5)1-6/h2*6,8,10-12,15,23H,2-5,9H2,1H3;2*1H/t2*11-,12+,15-;;/m10../s1. The van der Waals surface area contributed by atoms with Crippen LogP contribution in [-0.2, 0) is 22.4 Å². The topological polar surface area (TPSA) is 184 Å². The van der Waals surface area contributed by atoms with Crippen LogP contribution < -0.4 is 0 Å². The van der Waals surface area contributed by atoms with Gasteiger partial charge in [-0.2, -0.15) is 36.9 Å². The van der Waals surface area contributed by atoms with Crippen LogP contribution in [0, 0.1) is 34.5 Å². The molecule has 0 amide bonds. The van der Waals surface area contributed by atoms with Gasteiger partial charge in [0.15, 0.2) is 0 Å². The Balaban J connectivity index is 0.000000180. The smallest absolute Gasteiger partial charge is 0.393 e. The van der Waals surface area contributed by atoms with Gasteiger partial charge in [-0.1, -0.05) is 13.8 Å². The second kappa shape index (κ2) is 20.0. The number of rotatable bonds is 6. The van der Waals surface area contributed by atoms with Crippen LogP contribution in [-0.4, -0.2) is 76.4 Å². The molecule has 0 aromatic carbocycles. The summed E-state index contributed by atoms with van der Waals surface area (Å²) in [5, 5.41) is 42.9. The molecule has 0 saturated heterocycles. The van der Waals surface area contributed by atoms with E-state index in [1.165, 1.54) is 9.40 Å². The molecule has 2 aliphatic carbocycles. The molecular formula is C40H42F6N8O4S2. The Hall–Kier alpha value is -5.02.